The van der Waals surface area contributed by atoms with Gasteiger partial charge in [-0.25, -0.2) is 0 Å². The molecule has 1 aliphatic rings. The Kier molecular flexibility index (Phi) is 5.22. The molecule has 0 amide bonds. The summed E-state index contributed by atoms with van der Waals surface area (Å²) in [4.78, 5) is 2.38. The van der Waals surface area contributed by atoms with E-state index in [0.29, 0.717) is 23.7 Å². The van der Waals surface area contributed by atoms with Crippen molar-refractivity contribution in [3.8, 4) is 0 Å². The second-order valence-corrected chi connectivity index (χ2v) is 5.90. The second-order valence-electron chi connectivity index (χ2n) is 5.50. The van der Waals surface area contributed by atoms with Gasteiger partial charge in [-0.05, 0) is 39.4 Å². The van der Waals surface area contributed by atoms with E-state index in [1.165, 1.54) is 0 Å². The van der Waals surface area contributed by atoms with Crippen molar-refractivity contribution in [1.29, 1.82) is 0 Å². The van der Waals surface area contributed by atoms with Crippen LogP contribution in [0.25, 0.3) is 0 Å². The van der Waals surface area contributed by atoms with Gasteiger partial charge >= 0.3 is 0 Å². The number of halogens is 1. The maximum atomic E-state index is 10.2. The van der Waals surface area contributed by atoms with Gasteiger partial charge in [0.2, 0.25) is 0 Å². The van der Waals surface area contributed by atoms with E-state index in [1.807, 2.05) is 24.3 Å². The molecule has 1 heterocycles. The molecule has 1 saturated heterocycles. The van der Waals surface area contributed by atoms with Crippen molar-refractivity contribution >= 4 is 11.6 Å². The normalized spacial score (nSPS) is 26.3. The smallest absolute Gasteiger partial charge is 0.0928 e. The average Bonchev–Trinajstić information content (AvgIpc) is 2.40. The molecule has 1 aliphatic heterocycles. The van der Waals surface area contributed by atoms with E-state index in [-0.39, 0.29) is 0 Å². The van der Waals surface area contributed by atoms with E-state index in [0.717, 1.165) is 24.9 Å². The van der Waals surface area contributed by atoms with Gasteiger partial charge in [0.15, 0.2) is 0 Å². The Labute approximate surface area is 120 Å². The number of nitrogens with zero attached hydrogens (tertiary/aromatic N) is 1. The first-order valence-corrected chi connectivity index (χ1v) is 7.32. The Morgan fingerprint density at radius 2 is 2.21 bits per heavy atom. The number of piperidine rings is 1. The van der Waals surface area contributed by atoms with Gasteiger partial charge < -0.3 is 15.3 Å². The SMILES string of the molecule is CC1CC(NCC(O)c2ccccc2Cl)CCN1C. The lowest BCUT2D eigenvalue weighted by molar-refractivity contribution is 0.139. The number of aliphatic hydroxyl groups is 1. The lowest BCUT2D eigenvalue weighted by Gasteiger charge is -2.35. The molecule has 3 atom stereocenters. The Morgan fingerprint density at radius 1 is 1.47 bits per heavy atom. The monoisotopic (exact) mass is 282 g/mol. The van der Waals surface area contributed by atoms with E-state index in [2.05, 4.69) is 24.2 Å². The zero-order valence-corrected chi connectivity index (χ0v) is 12.4. The quantitative estimate of drug-likeness (QED) is 0.890. The maximum Gasteiger partial charge on any atom is 0.0928 e. The van der Waals surface area contributed by atoms with E-state index >= 15 is 0 Å². The molecular formula is C15H23ClN2O. The summed E-state index contributed by atoms with van der Waals surface area (Å²) in [5, 5.41) is 14.3. The lowest BCUT2D eigenvalue weighted by atomic mass is 9.98. The predicted molar refractivity (Wildman–Crippen MR) is 79.5 cm³/mol. The van der Waals surface area contributed by atoms with Crippen LogP contribution in [0, 0.1) is 0 Å². The number of aliphatic hydroxyl groups excluding tert-OH is 1. The van der Waals surface area contributed by atoms with Crippen molar-refractivity contribution in [1.82, 2.24) is 10.2 Å². The molecule has 1 fully saturated rings. The fraction of sp³-hybridized carbons (Fsp3) is 0.600. The molecular weight excluding hydrogens is 260 g/mol. The van der Waals surface area contributed by atoms with Gasteiger partial charge in [0.25, 0.3) is 0 Å². The van der Waals surface area contributed by atoms with Gasteiger partial charge in [-0.15, -0.1) is 0 Å². The van der Waals surface area contributed by atoms with Crippen LogP contribution in [0.2, 0.25) is 5.02 Å². The zero-order valence-electron chi connectivity index (χ0n) is 11.6. The van der Waals surface area contributed by atoms with Gasteiger partial charge in [0.1, 0.15) is 0 Å². The molecule has 0 spiro atoms. The van der Waals surface area contributed by atoms with E-state index in [9.17, 15) is 5.11 Å². The summed E-state index contributed by atoms with van der Waals surface area (Å²) in [6, 6.07) is 8.57. The largest absolute Gasteiger partial charge is 0.387 e. The first-order chi connectivity index (χ1) is 9.08. The third-order valence-corrected chi connectivity index (χ3v) is 4.42. The molecule has 1 aromatic rings. The highest BCUT2D eigenvalue weighted by atomic mass is 35.5. The molecule has 4 heteroatoms. The highest BCUT2D eigenvalue weighted by molar-refractivity contribution is 6.31. The molecule has 3 nitrogen and oxygen atoms in total. The molecule has 0 bridgehead atoms. The number of benzene rings is 1. The third kappa shape index (κ3) is 3.93. The summed E-state index contributed by atoms with van der Waals surface area (Å²) in [5.41, 5.74) is 0.803. The van der Waals surface area contributed by atoms with Crippen LogP contribution in [-0.2, 0) is 0 Å². The summed E-state index contributed by atoms with van der Waals surface area (Å²) < 4.78 is 0. The fourth-order valence-corrected chi connectivity index (χ4v) is 2.87. The van der Waals surface area contributed by atoms with Crippen molar-refractivity contribution in [3.05, 3.63) is 34.9 Å². The lowest BCUT2D eigenvalue weighted by Crippen LogP contribution is -2.46. The summed E-state index contributed by atoms with van der Waals surface area (Å²) in [7, 11) is 2.17. The van der Waals surface area contributed by atoms with Gasteiger partial charge in [0.05, 0.1) is 6.10 Å². The van der Waals surface area contributed by atoms with Gasteiger partial charge in [-0.3, -0.25) is 0 Å². The molecule has 106 valence electrons. The number of likely N-dealkylation sites (tertiary alicyclic amines) is 1. The van der Waals surface area contributed by atoms with Crippen molar-refractivity contribution in [2.75, 3.05) is 20.1 Å². The first-order valence-electron chi connectivity index (χ1n) is 6.94. The molecule has 3 unspecified atom stereocenters. The minimum Gasteiger partial charge on any atom is -0.387 e. The fourth-order valence-electron chi connectivity index (χ4n) is 2.61. The molecule has 0 radical (unpaired) electrons. The molecule has 0 aliphatic carbocycles. The van der Waals surface area contributed by atoms with E-state index in [1.54, 1.807) is 0 Å². The predicted octanol–water partition coefficient (Wildman–Crippen LogP) is 2.45. The highest BCUT2D eigenvalue weighted by Crippen LogP contribution is 2.22. The van der Waals surface area contributed by atoms with Crippen LogP contribution in [0.5, 0.6) is 0 Å². The standard InChI is InChI=1S/C15H23ClN2O/c1-11-9-12(7-8-18(11)2)17-10-15(19)13-5-3-4-6-14(13)16/h3-6,11-12,15,17,19H,7-10H2,1-2H3. The minimum atomic E-state index is -0.538. The molecule has 0 aromatic heterocycles. The summed E-state index contributed by atoms with van der Waals surface area (Å²) in [6.45, 7) is 3.92. The first kappa shape index (κ1) is 14.8. The van der Waals surface area contributed by atoms with Crippen LogP contribution in [0.15, 0.2) is 24.3 Å². The zero-order chi connectivity index (χ0) is 13.8. The van der Waals surface area contributed by atoms with Crippen LogP contribution >= 0.6 is 11.6 Å². The number of hydrogen-bond donors (Lipinski definition) is 2. The molecule has 1 aromatic carbocycles. The average molecular weight is 283 g/mol. The van der Waals surface area contributed by atoms with E-state index < -0.39 is 6.10 Å². The number of nitrogens with one attached hydrogen (secondary N) is 1. The Hall–Kier alpha value is -0.610. The number of hydrogen-bond acceptors (Lipinski definition) is 3. The van der Waals surface area contributed by atoms with Crippen molar-refractivity contribution in [3.63, 3.8) is 0 Å². The molecule has 19 heavy (non-hydrogen) atoms. The second kappa shape index (κ2) is 6.71. The Morgan fingerprint density at radius 3 is 2.89 bits per heavy atom. The maximum absolute atomic E-state index is 10.2. The van der Waals surface area contributed by atoms with Crippen LogP contribution in [0.4, 0.5) is 0 Å². The van der Waals surface area contributed by atoms with Crippen LogP contribution in [0.3, 0.4) is 0 Å². The highest BCUT2D eigenvalue weighted by Gasteiger charge is 2.23. The van der Waals surface area contributed by atoms with Crippen molar-refractivity contribution in [2.24, 2.45) is 0 Å². The summed E-state index contributed by atoms with van der Waals surface area (Å²) in [6.07, 6.45) is 1.73. The summed E-state index contributed by atoms with van der Waals surface area (Å²) >= 11 is 6.09. The summed E-state index contributed by atoms with van der Waals surface area (Å²) in [5.74, 6) is 0. The molecule has 2 N–H and O–H groups in total. The Balaban J connectivity index is 1.84. The van der Waals surface area contributed by atoms with Gasteiger partial charge in [-0.1, -0.05) is 29.8 Å². The van der Waals surface area contributed by atoms with Crippen LogP contribution in [0.1, 0.15) is 31.4 Å². The van der Waals surface area contributed by atoms with Gasteiger partial charge in [0, 0.05) is 29.2 Å². The van der Waals surface area contributed by atoms with Crippen molar-refractivity contribution < 1.29 is 5.11 Å². The van der Waals surface area contributed by atoms with Crippen molar-refractivity contribution in [2.45, 2.75) is 38.0 Å². The molecule has 2 rings (SSSR count). The minimum absolute atomic E-state index is 0.489. The number of rotatable bonds is 4. The molecule has 0 saturated carbocycles. The topological polar surface area (TPSA) is 35.5 Å². The van der Waals surface area contributed by atoms with Crippen LogP contribution in [-0.4, -0.2) is 42.2 Å². The van der Waals surface area contributed by atoms with Gasteiger partial charge in [-0.2, -0.15) is 0 Å². The van der Waals surface area contributed by atoms with E-state index in [4.69, 9.17) is 11.6 Å². The third-order valence-electron chi connectivity index (χ3n) is 4.07. The van der Waals surface area contributed by atoms with Crippen LogP contribution < -0.4 is 5.32 Å². The Bertz CT molecular complexity index is 413.